The van der Waals surface area contributed by atoms with E-state index in [0.29, 0.717) is 12.6 Å². The Morgan fingerprint density at radius 3 is 2.55 bits per heavy atom. The molecule has 2 aliphatic rings. The Hall–Kier alpha value is -2.51. The number of rotatable bonds is 7. The maximum Gasteiger partial charge on any atom is 0.120 e. The van der Waals surface area contributed by atoms with Crippen LogP contribution in [0.5, 0.6) is 5.75 Å². The van der Waals surface area contributed by atoms with Gasteiger partial charge in [-0.15, -0.1) is 0 Å². The molecule has 162 valence electrons. The lowest BCUT2D eigenvalue weighted by molar-refractivity contribution is -0.0793. The zero-order valence-corrected chi connectivity index (χ0v) is 17.7. The number of hydrogen-bond donors (Lipinski definition) is 1. The summed E-state index contributed by atoms with van der Waals surface area (Å²) in [5.41, 5.74) is 2.22. The van der Waals surface area contributed by atoms with Crippen molar-refractivity contribution in [1.29, 1.82) is 0 Å². The molecule has 2 aromatic carbocycles. The monoisotopic (exact) mass is 419 g/mol. The minimum Gasteiger partial charge on any atom is -0.491 e. The molecule has 3 aromatic rings. The summed E-state index contributed by atoms with van der Waals surface area (Å²) >= 11 is 0. The van der Waals surface area contributed by atoms with E-state index in [9.17, 15) is 5.11 Å². The van der Waals surface area contributed by atoms with Gasteiger partial charge in [-0.25, -0.2) is 0 Å². The highest BCUT2D eigenvalue weighted by atomic mass is 16.5. The van der Waals surface area contributed by atoms with Crippen LogP contribution in [0.25, 0.3) is 21.9 Å². The van der Waals surface area contributed by atoms with E-state index in [2.05, 4.69) is 39.0 Å². The molecule has 2 fully saturated rings. The van der Waals surface area contributed by atoms with E-state index in [0.717, 1.165) is 61.7 Å². The van der Waals surface area contributed by atoms with Gasteiger partial charge in [-0.05, 0) is 46.2 Å². The minimum atomic E-state index is -0.519. The molecule has 6 nitrogen and oxygen atoms in total. The Morgan fingerprint density at radius 2 is 1.81 bits per heavy atom. The molecule has 31 heavy (non-hydrogen) atoms. The fraction of sp³-hybridized carbons (Fsp3) is 0.400. The smallest absolute Gasteiger partial charge is 0.120 e. The summed E-state index contributed by atoms with van der Waals surface area (Å²) in [4.78, 5) is 8.96. The second-order valence-corrected chi connectivity index (χ2v) is 8.42. The highest BCUT2D eigenvalue weighted by molar-refractivity contribution is 5.97. The highest BCUT2D eigenvalue weighted by Gasteiger charge is 2.29. The first-order chi connectivity index (χ1) is 15.3. The van der Waals surface area contributed by atoms with Crippen molar-refractivity contribution in [2.75, 3.05) is 52.5 Å². The van der Waals surface area contributed by atoms with Crippen LogP contribution in [0.4, 0.5) is 0 Å². The van der Waals surface area contributed by atoms with Gasteiger partial charge in [-0.1, -0.05) is 24.3 Å². The molecule has 6 heteroatoms. The van der Waals surface area contributed by atoms with Gasteiger partial charge in [0.2, 0.25) is 0 Å². The van der Waals surface area contributed by atoms with Gasteiger partial charge in [0.25, 0.3) is 0 Å². The van der Waals surface area contributed by atoms with E-state index >= 15 is 0 Å². The first kappa shape index (κ1) is 20.4. The number of nitrogens with zero attached hydrogens (tertiary/aromatic N) is 3. The van der Waals surface area contributed by atoms with Crippen LogP contribution in [0.2, 0.25) is 0 Å². The Balaban J connectivity index is 1.21. The van der Waals surface area contributed by atoms with Gasteiger partial charge in [0.1, 0.15) is 18.5 Å². The van der Waals surface area contributed by atoms with Gasteiger partial charge >= 0.3 is 0 Å². The van der Waals surface area contributed by atoms with Crippen LogP contribution in [0.1, 0.15) is 0 Å². The van der Waals surface area contributed by atoms with Gasteiger partial charge in [-0.2, -0.15) is 0 Å². The zero-order valence-electron chi connectivity index (χ0n) is 17.7. The van der Waals surface area contributed by atoms with Crippen LogP contribution in [-0.2, 0) is 4.74 Å². The minimum absolute atomic E-state index is 0.283. The number of fused-ring (bicyclic) bond motifs is 1. The van der Waals surface area contributed by atoms with E-state index in [4.69, 9.17) is 9.47 Å². The second-order valence-electron chi connectivity index (χ2n) is 8.42. The average Bonchev–Trinajstić information content (AvgIpc) is 2.78. The predicted molar refractivity (Wildman–Crippen MR) is 121 cm³/mol. The number of hydrogen-bond acceptors (Lipinski definition) is 6. The van der Waals surface area contributed by atoms with Crippen LogP contribution >= 0.6 is 0 Å². The van der Waals surface area contributed by atoms with Crippen LogP contribution in [0, 0.1) is 0 Å². The summed E-state index contributed by atoms with van der Waals surface area (Å²) < 4.78 is 11.3. The topological polar surface area (TPSA) is 58.1 Å². The largest absolute Gasteiger partial charge is 0.491 e. The van der Waals surface area contributed by atoms with Crippen LogP contribution in [-0.4, -0.2) is 84.6 Å². The number of benzene rings is 2. The summed E-state index contributed by atoms with van der Waals surface area (Å²) in [7, 11) is 0. The summed E-state index contributed by atoms with van der Waals surface area (Å²) in [6.45, 7) is 6.70. The molecule has 2 aliphatic heterocycles. The molecule has 3 heterocycles. The second kappa shape index (κ2) is 9.32. The summed E-state index contributed by atoms with van der Waals surface area (Å²) in [6.07, 6.45) is 3.09. The zero-order chi connectivity index (χ0) is 21.0. The number of β-amino-alcohol motifs (C(OH)–C–C–N with tert-alkyl or cyclic N) is 1. The number of pyridine rings is 1. The Labute approximate surface area is 183 Å². The third-order valence-corrected chi connectivity index (χ3v) is 6.28. The van der Waals surface area contributed by atoms with Crippen molar-refractivity contribution in [2.45, 2.75) is 12.1 Å². The van der Waals surface area contributed by atoms with E-state index in [1.807, 2.05) is 24.3 Å². The van der Waals surface area contributed by atoms with Gasteiger partial charge in [0, 0.05) is 45.1 Å². The van der Waals surface area contributed by atoms with Gasteiger partial charge in [0.15, 0.2) is 0 Å². The third-order valence-electron chi connectivity index (χ3n) is 6.28. The van der Waals surface area contributed by atoms with Crippen molar-refractivity contribution in [2.24, 2.45) is 0 Å². The quantitative estimate of drug-likeness (QED) is 0.636. The Kier molecular flexibility index (Phi) is 6.13. The molecule has 1 atom stereocenters. The molecule has 5 rings (SSSR count). The van der Waals surface area contributed by atoms with Gasteiger partial charge < -0.3 is 14.6 Å². The summed E-state index contributed by atoms with van der Waals surface area (Å²) in [6, 6.07) is 17.0. The predicted octanol–water partition coefficient (Wildman–Crippen LogP) is 2.66. The highest BCUT2D eigenvalue weighted by Crippen LogP contribution is 2.33. The lowest BCUT2D eigenvalue weighted by atomic mass is 9.98. The normalized spacial score (nSPS) is 19.3. The molecule has 0 bridgehead atoms. The van der Waals surface area contributed by atoms with Crippen molar-refractivity contribution in [3.63, 3.8) is 0 Å². The molecule has 0 spiro atoms. The molecule has 1 unspecified atom stereocenters. The van der Waals surface area contributed by atoms with Crippen LogP contribution in [0.3, 0.4) is 0 Å². The Morgan fingerprint density at radius 1 is 1.03 bits per heavy atom. The maximum atomic E-state index is 10.6. The van der Waals surface area contributed by atoms with Crippen molar-refractivity contribution in [1.82, 2.24) is 14.8 Å². The van der Waals surface area contributed by atoms with Crippen LogP contribution in [0.15, 0.2) is 60.9 Å². The molecule has 0 saturated carbocycles. The van der Waals surface area contributed by atoms with Gasteiger partial charge in [0.05, 0.1) is 19.3 Å². The van der Waals surface area contributed by atoms with Crippen LogP contribution < -0.4 is 4.74 Å². The molecular weight excluding hydrogens is 390 g/mol. The van der Waals surface area contributed by atoms with Gasteiger partial charge in [-0.3, -0.25) is 14.8 Å². The first-order valence-corrected chi connectivity index (χ1v) is 11.0. The average molecular weight is 420 g/mol. The fourth-order valence-electron chi connectivity index (χ4n) is 4.43. The summed E-state index contributed by atoms with van der Waals surface area (Å²) in [5, 5.41) is 12.9. The lowest BCUT2D eigenvalue weighted by Gasteiger charge is -2.42. The molecule has 1 N–H and O–H groups in total. The third kappa shape index (κ3) is 4.72. The van der Waals surface area contributed by atoms with Crippen molar-refractivity contribution in [3.8, 4) is 16.9 Å². The number of piperazine rings is 1. The molecule has 1 aromatic heterocycles. The summed E-state index contributed by atoms with van der Waals surface area (Å²) in [5.74, 6) is 0.777. The van der Waals surface area contributed by atoms with E-state index in [1.165, 1.54) is 5.39 Å². The number of aromatic nitrogens is 1. The molecular formula is C25H29N3O3. The molecule has 0 radical (unpaired) electrons. The maximum absolute atomic E-state index is 10.6. The SMILES string of the molecule is OC(COc1cc(-c2ccncc2)c2ccccc2c1)CN1CCN(C2COC2)CC1. The number of aliphatic hydroxyl groups is 1. The lowest BCUT2D eigenvalue weighted by Crippen LogP contribution is -2.57. The fourth-order valence-corrected chi connectivity index (χ4v) is 4.43. The number of ether oxygens (including phenoxy) is 2. The number of aliphatic hydroxyl groups excluding tert-OH is 1. The van der Waals surface area contributed by atoms with Crippen molar-refractivity contribution in [3.05, 3.63) is 60.9 Å². The standard InChI is InChI=1S/C25H29N3O3/c29-22(15-27-9-11-28(12-10-27)21-16-30-17-21)18-31-23-13-20-3-1-2-4-24(20)25(14-23)19-5-7-26-8-6-19/h1-8,13-14,21-22,29H,9-12,15-18H2. The van der Waals surface area contributed by atoms with Crippen molar-refractivity contribution >= 4 is 10.8 Å². The van der Waals surface area contributed by atoms with E-state index < -0.39 is 6.10 Å². The molecule has 0 amide bonds. The molecule has 0 aliphatic carbocycles. The van der Waals surface area contributed by atoms with E-state index in [1.54, 1.807) is 12.4 Å². The van der Waals surface area contributed by atoms with Crippen molar-refractivity contribution < 1.29 is 14.6 Å². The van der Waals surface area contributed by atoms with E-state index in [-0.39, 0.29) is 6.61 Å². The Bertz CT molecular complexity index is 1000. The molecule has 2 saturated heterocycles. The first-order valence-electron chi connectivity index (χ1n) is 11.0.